The quantitative estimate of drug-likeness (QED) is 0.722. The molecule has 3 aromatic carbocycles. The first-order valence-corrected chi connectivity index (χ1v) is 10.8. The van der Waals surface area contributed by atoms with Crippen LogP contribution in [0.2, 0.25) is 0 Å². The Balaban J connectivity index is 1.70. The lowest BCUT2D eigenvalue weighted by Gasteiger charge is -2.34. The topological polar surface area (TPSA) is 22.9 Å². The second-order valence-electron chi connectivity index (χ2n) is 8.19. The summed E-state index contributed by atoms with van der Waals surface area (Å²) in [6.07, 6.45) is 0. The standard InChI is InChI=1S/C27H27NO2/c1-20-9-5-6-12-22(20)26-23-13-7-8-14-25(23)30-27(21-10-3-2-4-11-21)24(26)19-28-15-17-29-18-16-28/h2-14,26H,15-19H2,1H3/p+1/t26-/m0/s1. The highest BCUT2D eigenvalue weighted by molar-refractivity contribution is 5.72. The van der Waals surface area contributed by atoms with Crippen molar-refractivity contribution in [2.24, 2.45) is 0 Å². The minimum absolute atomic E-state index is 0.196. The van der Waals surface area contributed by atoms with Crippen molar-refractivity contribution in [1.29, 1.82) is 0 Å². The summed E-state index contributed by atoms with van der Waals surface area (Å²) in [6, 6.07) is 27.9. The molecule has 0 radical (unpaired) electrons. The Morgan fingerprint density at radius 1 is 0.800 bits per heavy atom. The second-order valence-corrected chi connectivity index (χ2v) is 8.19. The van der Waals surface area contributed by atoms with Gasteiger partial charge in [-0.3, -0.25) is 0 Å². The van der Waals surface area contributed by atoms with Gasteiger partial charge in [0.1, 0.15) is 31.1 Å². The number of ether oxygens (including phenoxy) is 2. The molecule has 2 aliphatic rings. The fourth-order valence-electron chi connectivity index (χ4n) is 4.69. The van der Waals surface area contributed by atoms with Crippen LogP contribution >= 0.6 is 0 Å². The number of hydrogen-bond acceptors (Lipinski definition) is 2. The number of benzene rings is 3. The third-order valence-electron chi connectivity index (χ3n) is 6.26. The SMILES string of the molecule is Cc1ccccc1[C@@H]1C(C[NH+]2CCOCC2)=C(c2ccccc2)Oc2ccccc21. The van der Waals surface area contributed by atoms with Crippen molar-refractivity contribution >= 4 is 5.76 Å². The number of fused-ring (bicyclic) bond motifs is 1. The molecule has 0 bridgehead atoms. The summed E-state index contributed by atoms with van der Waals surface area (Å²) in [5.74, 6) is 2.17. The summed E-state index contributed by atoms with van der Waals surface area (Å²) < 4.78 is 12.2. The van der Waals surface area contributed by atoms with Gasteiger partial charge >= 0.3 is 0 Å². The normalized spacial score (nSPS) is 19.3. The second kappa shape index (κ2) is 8.47. The van der Waals surface area contributed by atoms with Crippen molar-refractivity contribution in [3.63, 3.8) is 0 Å². The molecule has 3 nitrogen and oxygen atoms in total. The van der Waals surface area contributed by atoms with Gasteiger partial charge < -0.3 is 14.4 Å². The Kier molecular flexibility index (Phi) is 5.39. The van der Waals surface area contributed by atoms with E-state index in [-0.39, 0.29) is 5.92 Å². The van der Waals surface area contributed by atoms with E-state index in [1.54, 1.807) is 4.90 Å². The van der Waals surface area contributed by atoms with E-state index in [0.29, 0.717) is 0 Å². The Bertz CT molecular complexity index is 1050. The highest BCUT2D eigenvalue weighted by atomic mass is 16.5. The summed E-state index contributed by atoms with van der Waals surface area (Å²) in [4.78, 5) is 1.56. The number of morpholine rings is 1. The molecule has 30 heavy (non-hydrogen) atoms. The molecule has 5 rings (SSSR count). The molecule has 1 saturated heterocycles. The lowest BCUT2D eigenvalue weighted by molar-refractivity contribution is -0.903. The maximum Gasteiger partial charge on any atom is 0.140 e. The van der Waals surface area contributed by atoms with E-state index in [9.17, 15) is 0 Å². The first kappa shape index (κ1) is 19.1. The van der Waals surface area contributed by atoms with Gasteiger partial charge in [-0.05, 0) is 24.1 Å². The lowest BCUT2D eigenvalue weighted by atomic mass is 9.79. The van der Waals surface area contributed by atoms with Crippen molar-refractivity contribution in [3.05, 3.63) is 107 Å². The van der Waals surface area contributed by atoms with Crippen LogP contribution in [0.15, 0.2) is 84.4 Å². The van der Waals surface area contributed by atoms with Crippen molar-refractivity contribution < 1.29 is 14.4 Å². The zero-order valence-corrected chi connectivity index (χ0v) is 17.4. The van der Waals surface area contributed by atoms with Crippen molar-refractivity contribution in [2.75, 3.05) is 32.8 Å². The first-order chi connectivity index (χ1) is 14.8. The highest BCUT2D eigenvalue weighted by Gasteiger charge is 2.34. The van der Waals surface area contributed by atoms with Gasteiger partial charge in [0.25, 0.3) is 0 Å². The first-order valence-electron chi connectivity index (χ1n) is 10.8. The van der Waals surface area contributed by atoms with E-state index in [2.05, 4.69) is 85.8 Å². The van der Waals surface area contributed by atoms with E-state index in [0.717, 1.165) is 49.9 Å². The van der Waals surface area contributed by atoms with Crippen LogP contribution in [0, 0.1) is 6.92 Å². The van der Waals surface area contributed by atoms with Gasteiger partial charge in [0.2, 0.25) is 0 Å². The molecule has 0 aromatic heterocycles. The molecule has 2 aliphatic heterocycles. The summed E-state index contributed by atoms with van der Waals surface area (Å²) >= 11 is 0. The van der Waals surface area contributed by atoms with Gasteiger partial charge in [-0.15, -0.1) is 0 Å². The maximum absolute atomic E-state index is 6.60. The van der Waals surface area contributed by atoms with E-state index in [1.807, 2.05) is 0 Å². The Hall–Kier alpha value is -2.88. The van der Waals surface area contributed by atoms with Gasteiger partial charge in [-0.25, -0.2) is 0 Å². The molecule has 152 valence electrons. The molecule has 2 heterocycles. The lowest BCUT2D eigenvalue weighted by Crippen LogP contribution is -3.14. The molecule has 0 aliphatic carbocycles. The van der Waals surface area contributed by atoms with E-state index in [4.69, 9.17) is 9.47 Å². The predicted octanol–water partition coefficient (Wildman–Crippen LogP) is 3.85. The molecule has 0 unspecified atom stereocenters. The maximum atomic E-state index is 6.60. The fraction of sp³-hybridized carbons (Fsp3) is 0.259. The molecule has 3 heteroatoms. The predicted molar refractivity (Wildman–Crippen MR) is 120 cm³/mol. The minimum atomic E-state index is 0.196. The van der Waals surface area contributed by atoms with Crippen LogP contribution in [0.4, 0.5) is 0 Å². The third-order valence-corrected chi connectivity index (χ3v) is 6.26. The van der Waals surface area contributed by atoms with Gasteiger partial charge in [-0.2, -0.15) is 0 Å². The average molecular weight is 399 g/mol. The molecular weight excluding hydrogens is 370 g/mol. The van der Waals surface area contributed by atoms with Gasteiger partial charge in [0.05, 0.1) is 13.2 Å². The largest absolute Gasteiger partial charge is 0.456 e. The van der Waals surface area contributed by atoms with Crippen LogP contribution in [0.25, 0.3) is 5.76 Å². The fourth-order valence-corrected chi connectivity index (χ4v) is 4.69. The number of nitrogens with one attached hydrogen (secondary N) is 1. The van der Waals surface area contributed by atoms with Crippen molar-refractivity contribution in [2.45, 2.75) is 12.8 Å². The zero-order valence-electron chi connectivity index (χ0n) is 17.4. The van der Waals surface area contributed by atoms with E-state index >= 15 is 0 Å². The molecule has 1 fully saturated rings. The smallest absolute Gasteiger partial charge is 0.140 e. The van der Waals surface area contributed by atoms with E-state index in [1.165, 1.54) is 22.3 Å². The summed E-state index contributed by atoms with van der Waals surface area (Å²) in [6.45, 7) is 6.91. The number of hydrogen-bond donors (Lipinski definition) is 1. The zero-order chi connectivity index (χ0) is 20.3. The van der Waals surface area contributed by atoms with Crippen LogP contribution in [0.5, 0.6) is 5.75 Å². The molecule has 1 N–H and O–H groups in total. The van der Waals surface area contributed by atoms with Crippen LogP contribution in [-0.4, -0.2) is 32.8 Å². The van der Waals surface area contributed by atoms with Crippen molar-refractivity contribution in [3.8, 4) is 5.75 Å². The Morgan fingerprint density at radius 2 is 1.47 bits per heavy atom. The van der Waals surface area contributed by atoms with Crippen LogP contribution in [-0.2, 0) is 4.74 Å². The molecule has 0 amide bonds. The summed E-state index contributed by atoms with van der Waals surface area (Å²) in [5.41, 5.74) is 6.46. The number of quaternary nitrogens is 1. The van der Waals surface area contributed by atoms with Crippen LogP contribution < -0.4 is 9.64 Å². The minimum Gasteiger partial charge on any atom is -0.456 e. The van der Waals surface area contributed by atoms with Crippen LogP contribution in [0.1, 0.15) is 28.2 Å². The molecule has 1 atom stereocenters. The molecule has 3 aromatic rings. The Morgan fingerprint density at radius 3 is 2.23 bits per heavy atom. The van der Waals surface area contributed by atoms with Gasteiger partial charge in [0.15, 0.2) is 0 Å². The van der Waals surface area contributed by atoms with Gasteiger partial charge in [0, 0.05) is 22.6 Å². The number of para-hydroxylation sites is 1. The van der Waals surface area contributed by atoms with Crippen LogP contribution in [0.3, 0.4) is 0 Å². The summed E-state index contributed by atoms with van der Waals surface area (Å²) in [5, 5.41) is 0. The number of aryl methyl sites for hydroxylation is 1. The molecule has 0 spiro atoms. The average Bonchev–Trinajstić information content (AvgIpc) is 2.80. The molecular formula is C27H28NO2+. The van der Waals surface area contributed by atoms with E-state index < -0.39 is 0 Å². The summed E-state index contributed by atoms with van der Waals surface area (Å²) in [7, 11) is 0. The number of rotatable bonds is 4. The van der Waals surface area contributed by atoms with Gasteiger partial charge in [-0.1, -0.05) is 72.8 Å². The Labute approximate surface area is 178 Å². The van der Waals surface area contributed by atoms with Crippen molar-refractivity contribution in [1.82, 2.24) is 0 Å². The third kappa shape index (κ3) is 3.67. The highest BCUT2D eigenvalue weighted by Crippen LogP contribution is 2.45. The molecule has 0 saturated carbocycles. The monoisotopic (exact) mass is 398 g/mol.